The molecule has 0 aliphatic heterocycles. The Labute approximate surface area is 74.3 Å². The summed E-state index contributed by atoms with van der Waals surface area (Å²) in [4.78, 5) is 5.88. The normalized spacial score (nSPS) is 10.0. The molecule has 0 atom stereocenters. The summed E-state index contributed by atoms with van der Waals surface area (Å²) < 4.78 is 0. The number of benzene rings is 1. The van der Waals surface area contributed by atoms with Gasteiger partial charge in [-0.25, -0.2) is 4.84 Å². The highest BCUT2D eigenvalue weighted by molar-refractivity contribution is 8.21. The fraction of sp³-hybridized carbons (Fsp3) is 0.143. The van der Waals surface area contributed by atoms with Gasteiger partial charge in [0.25, 0.3) is 0 Å². The average Bonchev–Trinajstić information content (AvgIpc) is 2.06. The molecule has 0 saturated carbocycles. The molecule has 2 N–H and O–H groups in total. The smallest absolute Gasteiger partial charge is 0.163 e. The van der Waals surface area contributed by atoms with Crippen LogP contribution in [0.4, 0.5) is 5.69 Å². The van der Waals surface area contributed by atoms with Gasteiger partial charge in [0, 0.05) is 17.0 Å². The third-order valence-electron chi connectivity index (χ3n) is 1.20. The molecular weight excluding hydrogens is 182 g/mol. The van der Waals surface area contributed by atoms with Crippen LogP contribution < -0.4 is 5.48 Å². The summed E-state index contributed by atoms with van der Waals surface area (Å²) in [5, 5.41) is 0. The number of hydrogen-bond acceptors (Lipinski definition) is 2. The maximum Gasteiger partial charge on any atom is 0.163 e. The first-order valence-corrected chi connectivity index (χ1v) is 4.76. The Morgan fingerprint density at radius 2 is 2.36 bits per heavy atom. The van der Waals surface area contributed by atoms with Crippen LogP contribution in [0.25, 0.3) is 0 Å². The Kier molecular flexibility index (Phi) is 3.72. The van der Waals surface area contributed by atoms with E-state index in [-0.39, 0.29) is 0 Å². The Bertz CT molecular complexity index is 231. The zero-order valence-electron chi connectivity index (χ0n) is 6.08. The molecular formula is C7H9ClNOS+. The summed E-state index contributed by atoms with van der Waals surface area (Å²) in [6.45, 7) is 0. The van der Waals surface area contributed by atoms with E-state index in [4.69, 9.17) is 15.5 Å². The van der Waals surface area contributed by atoms with Gasteiger partial charge in [-0.05, 0) is 27.7 Å². The lowest BCUT2D eigenvalue weighted by Crippen LogP contribution is -2.75. The van der Waals surface area contributed by atoms with Crippen LogP contribution in [-0.4, -0.2) is 7.11 Å². The van der Waals surface area contributed by atoms with Gasteiger partial charge < -0.3 is 0 Å². The first-order valence-electron chi connectivity index (χ1n) is 3.11. The number of quaternary nitrogens is 1. The van der Waals surface area contributed by atoms with Crippen molar-refractivity contribution in [1.82, 2.24) is 0 Å². The van der Waals surface area contributed by atoms with E-state index in [1.807, 2.05) is 24.3 Å². The molecule has 0 aromatic heterocycles. The molecule has 0 spiro atoms. The Morgan fingerprint density at radius 3 is 3.00 bits per heavy atom. The van der Waals surface area contributed by atoms with Crippen molar-refractivity contribution in [3.8, 4) is 0 Å². The van der Waals surface area contributed by atoms with E-state index in [1.165, 1.54) is 11.0 Å². The van der Waals surface area contributed by atoms with Crippen LogP contribution in [0.3, 0.4) is 0 Å². The van der Waals surface area contributed by atoms with Gasteiger partial charge in [0.2, 0.25) is 0 Å². The van der Waals surface area contributed by atoms with Crippen LogP contribution >= 0.6 is 21.7 Å². The first-order chi connectivity index (χ1) is 5.36. The van der Waals surface area contributed by atoms with Crippen molar-refractivity contribution in [1.29, 1.82) is 0 Å². The van der Waals surface area contributed by atoms with Gasteiger partial charge in [-0.3, -0.25) is 0 Å². The van der Waals surface area contributed by atoms with Crippen LogP contribution in [-0.2, 0) is 4.84 Å². The molecule has 0 aliphatic carbocycles. The number of rotatable bonds is 3. The van der Waals surface area contributed by atoms with Crippen molar-refractivity contribution in [3.05, 3.63) is 24.3 Å². The first kappa shape index (κ1) is 8.87. The molecule has 0 amide bonds. The van der Waals surface area contributed by atoms with E-state index >= 15 is 0 Å². The molecule has 0 radical (unpaired) electrons. The van der Waals surface area contributed by atoms with Gasteiger partial charge in [-0.2, -0.15) is 5.48 Å². The third kappa shape index (κ3) is 2.71. The maximum atomic E-state index is 5.56. The molecule has 0 saturated heterocycles. The van der Waals surface area contributed by atoms with Gasteiger partial charge in [0.1, 0.15) is 0 Å². The second kappa shape index (κ2) is 4.62. The maximum absolute atomic E-state index is 5.56. The zero-order chi connectivity index (χ0) is 8.10. The van der Waals surface area contributed by atoms with E-state index < -0.39 is 0 Å². The molecule has 60 valence electrons. The van der Waals surface area contributed by atoms with Crippen molar-refractivity contribution < 1.29 is 10.3 Å². The summed E-state index contributed by atoms with van der Waals surface area (Å²) in [5.74, 6) is 0. The summed E-state index contributed by atoms with van der Waals surface area (Å²) in [6.07, 6.45) is 0. The van der Waals surface area contributed by atoms with Gasteiger partial charge in [-0.15, -0.1) is 0 Å². The van der Waals surface area contributed by atoms with Crippen LogP contribution in [0.5, 0.6) is 0 Å². The number of nitrogens with two attached hydrogens (primary N) is 1. The summed E-state index contributed by atoms with van der Waals surface area (Å²) >= 11 is 0. The highest BCUT2D eigenvalue weighted by Gasteiger charge is 1.97. The van der Waals surface area contributed by atoms with Crippen molar-refractivity contribution in [2.24, 2.45) is 0 Å². The van der Waals surface area contributed by atoms with E-state index in [1.54, 1.807) is 12.6 Å². The van der Waals surface area contributed by atoms with Crippen molar-refractivity contribution >= 4 is 27.3 Å². The average molecular weight is 191 g/mol. The third-order valence-corrected chi connectivity index (χ3v) is 2.17. The van der Waals surface area contributed by atoms with Crippen molar-refractivity contribution in [3.63, 3.8) is 0 Å². The van der Waals surface area contributed by atoms with Crippen LogP contribution in [0.1, 0.15) is 0 Å². The molecule has 1 aromatic carbocycles. The molecule has 11 heavy (non-hydrogen) atoms. The minimum Gasteiger partial charge on any atom is -0.204 e. The summed E-state index contributed by atoms with van der Waals surface area (Å²) in [5.41, 5.74) is 2.70. The highest BCUT2D eigenvalue weighted by atomic mass is 35.7. The van der Waals surface area contributed by atoms with E-state index in [2.05, 4.69) is 0 Å². The van der Waals surface area contributed by atoms with Crippen LogP contribution in [0.15, 0.2) is 29.2 Å². The predicted octanol–water partition coefficient (Wildman–Crippen LogP) is 1.69. The largest absolute Gasteiger partial charge is 0.204 e. The van der Waals surface area contributed by atoms with Crippen LogP contribution in [0.2, 0.25) is 0 Å². The van der Waals surface area contributed by atoms with Crippen molar-refractivity contribution in [2.75, 3.05) is 7.11 Å². The molecule has 2 nitrogen and oxygen atoms in total. The molecule has 0 fully saturated rings. The number of halogens is 1. The van der Waals surface area contributed by atoms with Crippen LogP contribution in [0, 0.1) is 0 Å². The van der Waals surface area contributed by atoms with Gasteiger partial charge >= 0.3 is 0 Å². The molecule has 0 heterocycles. The lowest BCUT2D eigenvalue weighted by Gasteiger charge is -1.96. The summed E-state index contributed by atoms with van der Waals surface area (Å²) in [6, 6.07) is 7.81. The monoisotopic (exact) mass is 190 g/mol. The second-order valence-corrected chi connectivity index (χ2v) is 3.09. The minimum atomic E-state index is 1.03. The Morgan fingerprint density at radius 1 is 1.55 bits per heavy atom. The molecule has 4 heteroatoms. The van der Waals surface area contributed by atoms with E-state index in [9.17, 15) is 0 Å². The topological polar surface area (TPSA) is 25.8 Å². The molecule has 0 aliphatic rings. The van der Waals surface area contributed by atoms with Gasteiger partial charge in [0.15, 0.2) is 5.69 Å². The van der Waals surface area contributed by atoms with E-state index in [0.717, 1.165) is 10.6 Å². The molecule has 0 unspecified atom stereocenters. The van der Waals surface area contributed by atoms with Gasteiger partial charge in [0.05, 0.1) is 7.11 Å². The van der Waals surface area contributed by atoms with E-state index in [0.29, 0.717) is 0 Å². The lowest BCUT2D eigenvalue weighted by molar-refractivity contribution is -0.830. The summed E-state index contributed by atoms with van der Waals surface area (Å²) in [7, 11) is 8.39. The fourth-order valence-electron chi connectivity index (χ4n) is 0.772. The van der Waals surface area contributed by atoms with Crippen molar-refractivity contribution in [2.45, 2.75) is 4.90 Å². The Balaban J connectivity index is 2.74. The molecule has 1 rings (SSSR count). The second-order valence-electron chi connectivity index (χ2n) is 2.00. The zero-order valence-corrected chi connectivity index (χ0v) is 7.65. The molecule has 0 bridgehead atoms. The quantitative estimate of drug-likeness (QED) is 0.580. The minimum absolute atomic E-state index is 1.03. The lowest BCUT2D eigenvalue weighted by atomic mass is 10.3. The molecule has 1 aromatic rings. The number of hydrogen-bond donors (Lipinski definition) is 1. The predicted molar refractivity (Wildman–Crippen MR) is 46.7 cm³/mol. The highest BCUT2D eigenvalue weighted by Crippen LogP contribution is 2.22. The van der Waals surface area contributed by atoms with Gasteiger partial charge in [-0.1, -0.05) is 6.07 Å². The standard InChI is InChI=1S/C7H8ClNOS/c1-10-9-6-3-2-4-7(5-6)11-8/h2-5,9H,1H3/p+1. The Hall–Kier alpha value is -0.220. The fourth-order valence-corrected chi connectivity index (χ4v) is 1.37. The SMILES string of the molecule is CO[NH2+]c1cccc(SCl)c1.